The van der Waals surface area contributed by atoms with Crippen molar-refractivity contribution in [3.8, 4) is 0 Å². The lowest BCUT2D eigenvalue weighted by molar-refractivity contribution is 0.208. The molecule has 1 atom stereocenters. The number of urea groups is 1. The molecule has 0 heterocycles. The van der Waals surface area contributed by atoms with Crippen LogP contribution in [0.25, 0.3) is 0 Å². The molecule has 1 N–H and O–H groups in total. The summed E-state index contributed by atoms with van der Waals surface area (Å²) in [7, 11) is 1.78. The molecule has 0 bridgehead atoms. The molecular weight excluding hydrogens is 188 g/mol. The Bertz CT molecular complexity index is 311. The normalized spacial score (nSPS) is 11.9. The zero-order valence-corrected chi connectivity index (χ0v) is 9.53. The fraction of sp³-hybridized carbons (Fsp3) is 0.417. The van der Waals surface area contributed by atoms with E-state index >= 15 is 0 Å². The van der Waals surface area contributed by atoms with E-state index < -0.39 is 0 Å². The largest absolute Gasteiger partial charge is 0.331 e. The van der Waals surface area contributed by atoms with Crippen molar-refractivity contribution in [2.45, 2.75) is 19.9 Å². The van der Waals surface area contributed by atoms with Crippen molar-refractivity contribution in [2.24, 2.45) is 0 Å². The van der Waals surface area contributed by atoms with Crippen LogP contribution < -0.4 is 5.32 Å². The van der Waals surface area contributed by atoms with Crippen molar-refractivity contribution >= 4 is 6.03 Å². The van der Waals surface area contributed by atoms with Gasteiger partial charge >= 0.3 is 6.03 Å². The number of rotatable bonds is 3. The topological polar surface area (TPSA) is 32.3 Å². The minimum Gasteiger partial charge on any atom is -0.331 e. The van der Waals surface area contributed by atoms with Gasteiger partial charge in [0.15, 0.2) is 0 Å². The first-order valence-electron chi connectivity index (χ1n) is 5.21. The molecule has 0 spiro atoms. The minimum absolute atomic E-state index is 0.0335. The summed E-state index contributed by atoms with van der Waals surface area (Å²) in [6, 6.07) is 9.95. The van der Waals surface area contributed by atoms with Crippen molar-refractivity contribution in [3.05, 3.63) is 35.9 Å². The molecule has 1 aromatic rings. The van der Waals surface area contributed by atoms with Crippen LogP contribution in [-0.4, -0.2) is 24.5 Å². The summed E-state index contributed by atoms with van der Waals surface area (Å²) in [6.07, 6.45) is 0. The van der Waals surface area contributed by atoms with Gasteiger partial charge < -0.3 is 10.2 Å². The number of nitrogens with zero attached hydrogens (tertiary/aromatic N) is 1. The predicted molar refractivity (Wildman–Crippen MR) is 61.7 cm³/mol. The number of amides is 2. The molecule has 0 saturated carbocycles. The van der Waals surface area contributed by atoms with Gasteiger partial charge in [-0.25, -0.2) is 4.79 Å². The fourth-order valence-corrected chi connectivity index (χ4v) is 1.26. The highest BCUT2D eigenvalue weighted by atomic mass is 16.2. The van der Waals surface area contributed by atoms with Crippen molar-refractivity contribution < 1.29 is 4.79 Å². The molecule has 1 unspecified atom stereocenters. The van der Waals surface area contributed by atoms with Crippen LogP contribution in [0.5, 0.6) is 0 Å². The van der Waals surface area contributed by atoms with E-state index in [1.54, 1.807) is 11.9 Å². The van der Waals surface area contributed by atoms with Gasteiger partial charge in [0.25, 0.3) is 0 Å². The Kier molecular flexibility index (Phi) is 4.16. The van der Waals surface area contributed by atoms with Gasteiger partial charge in [-0.1, -0.05) is 30.3 Å². The number of benzene rings is 1. The Balaban J connectivity index is 2.56. The molecule has 0 aliphatic heterocycles. The van der Waals surface area contributed by atoms with Gasteiger partial charge in [-0.2, -0.15) is 0 Å². The molecule has 3 nitrogen and oxygen atoms in total. The Morgan fingerprint density at radius 3 is 2.53 bits per heavy atom. The summed E-state index contributed by atoms with van der Waals surface area (Å²) >= 11 is 0. The highest BCUT2D eigenvalue weighted by Crippen LogP contribution is 2.11. The summed E-state index contributed by atoms with van der Waals surface area (Å²) in [5.41, 5.74) is 1.12. The summed E-state index contributed by atoms with van der Waals surface area (Å²) < 4.78 is 0. The van der Waals surface area contributed by atoms with Crippen molar-refractivity contribution in [1.82, 2.24) is 10.2 Å². The first-order valence-corrected chi connectivity index (χ1v) is 5.21. The van der Waals surface area contributed by atoms with Gasteiger partial charge in [0.1, 0.15) is 0 Å². The molecule has 1 rings (SSSR count). The van der Waals surface area contributed by atoms with Crippen LogP contribution in [0.2, 0.25) is 0 Å². The van der Waals surface area contributed by atoms with E-state index in [2.05, 4.69) is 5.32 Å². The summed E-state index contributed by atoms with van der Waals surface area (Å²) in [5, 5.41) is 2.93. The predicted octanol–water partition coefficient (Wildman–Crippen LogP) is 2.41. The summed E-state index contributed by atoms with van der Waals surface area (Å²) in [5.74, 6) is 0. The molecule has 0 saturated heterocycles. The Morgan fingerprint density at radius 1 is 1.40 bits per heavy atom. The van der Waals surface area contributed by atoms with E-state index in [0.717, 1.165) is 5.56 Å². The quantitative estimate of drug-likeness (QED) is 0.809. The summed E-state index contributed by atoms with van der Waals surface area (Å²) in [4.78, 5) is 13.2. The Hall–Kier alpha value is -1.51. The molecule has 82 valence electrons. The molecular formula is C12H18N2O. The Labute approximate surface area is 91.1 Å². The Morgan fingerprint density at radius 2 is 2.00 bits per heavy atom. The molecule has 0 aliphatic rings. The monoisotopic (exact) mass is 206 g/mol. The van der Waals surface area contributed by atoms with Gasteiger partial charge in [-0.3, -0.25) is 0 Å². The lowest BCUT2D eigenvalue weighted by atomic mass is 10.1. The molecule has 1 aromatic carbocycles. The fourth-order valence-electron chi connectivity index (χ4n) is 1.26. The third kappa shape index (κ3) is 3.27. The number of nitrogens with one attached hydrogen (secondary N) is 1. The van der Waals surface area contributed by atoms with Crippen LogP contribution in [-0.2, 0) is 0 Å². The molecule has 0 fully saturated rings. The van der Waals surface area contributed by atoms with E-state index in [9.17, 15) is 4.79 Å². The zero-order chi connectivity index (χ0) is 11.3. The van der Waals surface area contributed by atoms with E-state index in [0.29, 0.717) is 6.54 Å². The molecule has 2 amide bonds. The van der Waals surface area contributed by atoms with Gasteiger partial charge in [0, 0.05) is 13.6 Å². The maximum Gasteiger partial charge on any atom is 0.317 e. The average molecular weight is 206 g/mol. The van der Waals surface area contributed by atoms with Crippen LogP contribution in [0.15, 0.2) is 30.3 Å². The van der Waals surface area contributed by atoms with Gasteiger partial charge in [-0.15, -0.1) is 0 Å². The van der Waals surface area contributed by atoms with E-state index in [4.69, 9.17) is 0 Å². The number of carbonyl (C=O) groups is 1. The van der Waals surface area contributed by atoms with Crippen LogP contribution in [0.1, 0.15) is 25.5 Å². The van der Waals surface area contributed by atoms with E-state index in [1.807, 2.05) is 44.2 Å². The van der Waals surface area contributed by atoms with Crippen molar-refractivity contribution in [2.75, 3.05) is 13.6 Å². The molecule has 3 heteroatoms. The maximum atomic E-state index is 11.6. The van der Waals surface area contributed by atoms with Gasteiger partial charge in [0.05, 0.1) is 6.04 Å². The first kappa shape index (κ1) is 11.6. The zero-order valence-electron chi connectivity index (χ0n) is 9.53. The lowest BCUT2D eigenvalue weighted by Crippen LogP contribution is -2.38. The smallest absolute Gasteiger partial charge is 0.317 e. The molecule has 0 aliphatic carbocycles. The van der Waals surface area contributed by atoms with Crippen LogP contribution in [0.3, 0.4) is 0 Å². The molecule has 0 aromatic heterocycles. The van der Waals surface area contributed by atoms with Crippen LogP contribution in [0.4, 0.5) is 4.79 Å². The average Bonchev–Trinajstić information content (AvgIpc) is 2.29. The maximum absolute atomic E-state index is 11.6. The standard InChI is InChI=1S/C12H18N2O/c1-4-14(3)12(15)13-10(2)11-8-6-5-7-9-11/h5-10H,4H2,1-3H3,(H,13,15). The van der Waals surface area contributed by atoms with Crippen molar-refractivity contribution in [3.63, 3.8) is 0 Å². The van der Waals surface area contributed by atoms with E-state index in [-0.39, 0.29) is 12.1 Å². The third-order valence-corrected chi connectivity index (χ3v) is 2.46. The second kappa shape index (κ2) is 5.39. The second-order valence-corrected chi connectivity index (χ2v) is 3.60. The van der Waals surface area contributed by atoms with Crippen molar-refractivity contribution in [1.29, 1.82) is 0 Å². The second-order valence-electron chi connectivity index (χ2n) is 3.60. The lowest BCUT2D eigenvalue weighted by Gasteiger charge is -2.20. The van der Waals surface area contributed by atoms with Crippen LogP contribution in [0, 0.1) is 0 Å². The van der Waals surface area contributed by atoms with Gasteiger partial charge in [-0.05, 0) is 19.4 Å². The number of carbonyl (C=O) groups excluding carboxylic acids is 1. The number of hydrogen-bond acceptors (Lipinski definition) is 1. The highest BCUT2D eigenvalue weighted by molar-refractivity contribution is 5.74. The van der Waals surface area contributed by atoms with Gasteiger partial charge in [0.2, 0.25) is 0 Å². The first-order chi connectivity index (χ1) is 7.15. The van der Waals surface area contributed by atoms with Crippen LogP contribution >= 0.6 is 0 Å². The summed E-state index contributed by atoms with van der Waals surface area (Å²) in [6.45, 7) is 4.65. The third-order valence-electron chi connectivity index (χ3n) is 2.46. The molecule has 0 radical (unpaired) electrons. The minimum atomic E-state index is -0.0335. The highest BCUT2D eigenvalue weighted by Gasteiger charge is 2.11. The molecule has 15 heavy (non-hydrogen) atoms. The number of hydrogen-bond donors (Lipinski definition) is 1. The SMILES string of the molecule is CCN(C)C(=O)NC(C)c1ccccc1. The van der Waals surface area contributed by atoms with E-state index in [1.165, 1.54) is 0 Å².